The molecule has 1 fully saturated rings. The van der Waals surface area contributed by atoms with Crippen molar-refractivity contribution in [1.82, 2.24) is 4.90 Å². The Morgan fingerprint density at radius 1 is 1.42 bits per heavy atom. The minimum absolute atomic E-state index is 0.0790. The Morgan fingerprint density at radius 2 is 2.19 bits per heavy atom. The molecule has 0 radical (unpaired) electrons. The molecule has 0 aliphatic carbocycles. The highest BCUT2D eigenvalue weighted by Gasteiger charge is 2.29. The Morgan fingerprint density at radius 3 is 2.88 bits per heavy atom. The second-order valence-corrected chi connectivity index (χ2v) is 6.23. The first-order valence-corrected chi connectivity index (χ1v) is 8.87. The lowest BCUT2D eigenvalue weighted by Crippen LogP contribution is -2.46. The number of para-hydroxylation sites is 1. The van der Waals surface area contributed by atoms with Gasteiger partial charge in [0.1, 0.15) is 5.82 Å². The van der Waals surface area contributed by atoms with Crippen molar-refractivity contribution in [1.29, 1.82) is 5.26 Å². The lowest BCUT2D eigenvalue weighted by molar-refractivity contribution is -0.150. The van der Waals surface area contributed by atoms with Gasteiger partial charge in [-0.25, -0.2) is 4.39 Å². The van der Waals surface area contributed by atoms with Gasteiger partial charge in [-0.3, -0.25) is 14.5 Å². The number of anilines is 1. The molecule has 1 saturated heterocycles. The minimum atomic E-state index is -0.498. The molecule has 1 amide bonds. The molecular formula is C19H24FN3O3. The highest BCUT2D eigenvalue weighted by atomic mass is 19.1. The average Bonchev–Trinajstić information content (AvgIpc) is 2.64. The Kier molecular flexibility index (Phi) is 7.54. The lowest BCUT2D eigenvalue weighted by Gasteiger charge is -2.32. The summed E-state index contributed by atoms with van der Waals surface area (Å²) in [6.07, 6.45) is 1.66. The molecule has 140 valence electrons. The SMILES string of the molecule is CCOC(=O)C1CCCN(CC(=O)N(CCC#N)c2ccccc2F)C1. The van der Waals surface area contributed by atoms with Crippen molar-refractivity contribution in [3.8, 4) is 6.07 Å². The summed E-state index contributed by atoms with van der Waals surface area (Å²) < 4.78 is 19.2. The molecule has 0 N–H and O–H groups in total. The average molecular weight is 361 g/mol. The van der Waals surface area contributed by atoms with Gasteiger partial charge in [-0.1, -0.05) is 12.1 Å². The summed E-state index contributed by atoms with van der Waals surface area (Å²) in [5.74, 6) is -1.26. The number of hydrogen-bond acceptors (Lipinski definition) is 5. The normalized spacial score (nSPS) is 17.3. The van der Waals surface area contributed by atoms with Crippen molar-refractivity contribution in [3.05, 3.63) is 30.1 Å². The number of hydrogen-bond donors (Lipinski definition) is 0. The van der Waals surface area contributed by atoms with Crippen LogP contribution in [-0.4, -0.2) is 49.6 Å². The first kappa shape index (κ1) is 19.9. The lowest BCUT2D eigenvalue weighted by atomic mass is 9.98. The standard InChI is InChI=1S/C19H24FN3O3/c1-2-26-19(25)15-7-5-11-22(13-15)14-18(24)23(12-6-10-21)17-9-4-3-8-16(17)20/h3-4,8-9,15H,2,5-7,11-14H2,1H3. The van der Waals surface area contributed by atoms with Crippen molar-refractivity contribution >= 4 is 17.6 Å². The zero-order valence-electron chi connectivity index (χ0n) is 15.0. The van der Waals surface area contributed by atoms with Crippen LogP contribution in [0.2, 0.25) is 0 Å². The van der Waals surface area contributed by atoms with E-state index in [-0.39, 0.29) is 43.0 Å². The van der Waals surface area contributed by atoms with Crippen LogP contribution >= 0.6 is 0 Å². The van der Waals surface area contributed by atoms with Gasteiger partial charge < -0.3 is 9.64 Å². The highest BCUT2D eigenvalue weighted by Crippen LogP contribution is 2.21. The fourth-order valence-electron chi connectivity index (χ4n) is 3.14. The van der Waals surface area contributed by atoms with Crippen molar-refractivity contribution in [2.24, 2.45) is 5.92 Å². The quantitative estimate of drug-likeness (QED) is 0.697. The summed E-state index contributed by atoms with van der Waals surface area (Å²) in [5, 5.41) is 8.84. The third kappa shape index (κ3) is 5.27. The molecule has 0 aromatic heterocycles. The molecule has 0 bridgehead atoms. The Bertz CT molecular complexity index is 674. The summed E-state index contributed by atoms with van der Waals surface area (Å²) in [7, 11) is 0. The molecule has 1 heterocycles. The van der Waals surface area contributed by atoms with Crippen LogP contribution in [0.3, 0.4) is 0 Å². The smallest absolute Gasteiger partial charge is 0.310 e. The second-order valence-electron chi connectivity index (χ2n) is 6.23. The van der Waals surface area contributed by atoms with E-state index < -0.39 is 5.82 Å². The monoisotopic (exact) mass is 361 g/mol. The molecule has 1 unspecified atom stereocenters. The number of rotatable bonds is 7. The van der Waals surface area contributed by atoms with Crippen molar-refractivity contribution in [2.75, 3.05) is 37.7 Å². The molecule has 1 aliphatic rings. The topological polar surface area (TPSA) is 73.6 Å². The van der Waals surface area contributed by atoms with E-state index in [0.29, 0.717) is 19.7 Å². The number of likely N-dealkylation sites (tertiary alicyclic amines) is 1. The number of nitriles is 1. The van der Waals surface area contributed by atoms with E-state index in [1.54, 1.807) is 19.1 Å². The van der Waals surface area contributed by atoms with Crippen LogP contribution in [0.5, 0.6) is 0 Å². The fraction of sp³-hybridized carbons (Fsp3) is 0.526. The fourth-order valence-corrected chi connectivity index (χ4v) is 3.14. The Hall–Kier alpha value is -2.46. The number of carbonyl (C=O) groups is 2. The maximum atomic E-state index is 14.1. The maximum absolute atomic E-state index is 14.1. The van der Waals surface area contributed by atoms with E-state index in [1.165, 1.54) is 17.0 Å². The van der Waals surface area contributed by atoms with Crippen LogP contribution < -0.4 is 4.90 Å². The first-order valence-electron chi connectivity index (χ1n) is 8.87. The largest absolute Gasteiger partial charge is 0.466 e. The van der Waals surface area contributed by atoms with E-state index in [4.69, 9.17) is 10.00 Å². The Balaban J connectivity index is 2.05. The summed E-state index contributed by atoms with van der Waals surface area (Å²) in [4.78, 5) is 27.9. The van der Waals surface area contributed by atoms with Gasteiger partial charge in [-0.05, 0) is 38.4 Å². The van der Waals surface area contributed by atoms with E-state index in [1.807, 2.05) is 11.0 Å². The van der Waals surface area contributed by atoms with Gasteiger partial charge in [0.2, 0.25) is 5.91 Å². The van der Waals surface area contributed by atoms with Crippen LogP contribution in [0.1, 0.15) is 26.2 Å². The number of amides is 1. The van der Waals surface area contributed by atoms with E-state index in [9.17, 15) is 14.0 Å². The molecule has 1 aromatic rings. The molecule has 1 aliphatic heterocycles. The molecule has 7 heteroatoms. The number of nitrogens with zero attached hydrogens (tertiary/aromatic N) is 3. The summed E-state index contributed by atoms with van der Waals surface area (Å²) in [5.41, 5.74) is 0.173. The van der Waals surface area contributed by atoms with Crippen LogP contribution in [-0.2, 0) is 14.3 Å². The molecular weight excluding hydrogens is 337 g/mol. The highest BCUT2D eigenvalue weighted by molar-refractivity contribution is 5.95. The van der Waals surface area contributed by atoms with Crippen LogP contribution in [0.15, 0.2) is 24.3 Å². The Labute approximate surface area is 153 Å². The zero-order valence-corrected chi connectivity index (χ0v) is 15.0. The predicted molar refractivity (Wildman–Crippen MR) is 94.8 cm³/mol. The molecule has 0 saturated carbocycles. The summed E-state index contributed by atoms with van der Waals surface area (Å²) in [6, 6.07) is 8.02. The van der Waals surface area contributed by atoms with Crippen LogP contribution in [0, 0.1) is 23.1 Å². The van der Waals surface area contributed by atoms with Crippen LogP contribution in [0.25, 0.3) is 0 Å². The summed E-state index contributed by atoms with van der Waals surface area (Å²) in [6.45, 7) is 3.47. The molecule has 1 atom stereocenters. The van der Waals surface area contributed by atoms with E-state index >= 15 is 0 Å². The molecule has 2 rings (SSSR count). The van der Waals surface area contributed by atoms with Gasteiger partial charge in [-0.2, -0.15) is 5.26 Å². The first-order chi connectivity index (χ1) is 12.6. The van der Waals surface area contributed by atoms with Gasteiger partial charge in [-0.15, -0.1) is 0 Å². The predicted octanol–water partition coefficient (Wildman–Crippen LogP) is 2.35. The van der Waals surface area contributed by atoms with Crippen LogP contribution in [0.4, 0.5) is 10.1 Å². The number of carbonyl (C=O) groups excluding carboxylic acids is 2. The summed E-state index contributed by atoms with van der Waals surface area (Å²) >= 11 is 0. The number of esters is 1. The van der Waals surface area contributed by atoms with Gasteiger partial charge in [0, 0.05) is 13.1 Å². The van der Waals surface area contributed by atoms with Crippen molar-refractivity contribution < 1.29 is 18.7 Å². The molecule has 1 aromatic carbocycles. The van der Waals surface area contributed by atoms with E-state index in [0.717, 1.165) is 12.8 Å². The number of halogens is 1. The minimum Gasteiger partial charge on any atom is -0.466 e. The molecule has 0 spiro atoms. The van der Waals surface area contributed by atoms with Gasteiger partial charge >= 0.3 is 5.97 Å². The number of piperidine rings is 1. The zero-order chi connectivity index (χ0) is 18.9. The third-order valence-corrected chi connectivity index (χ3v) is 4.38. The third-order valence-electron chi connectivity index (χ3n) is 4.38. The van der Waals surface area contributed by atoms with Crippen molar-refractivity contribution in [3.63, 3.8) is 0 Å². The van der Waals surface area contributed by atoms with Gasteiger partial charge in [0.15, 0.2) is 0 Å². The maximum Gasteiger partial charge on any atom is 0.310 e. The van der Waals surface area contributed by atoms with E-state index in [2.05, 4.69) is 0 Å². The molecule has 26 heavy (non-hydrogen) atoms. The van der Waals surface area contributed by atoms with Crippen molar-refractivity contribution in [2.45, 2.75) is 26.2 Å². The second kappa shape index (κ2) is 9.88. The molecule has 6 nitrogen and oxygen atoms in total. The van der Waals surface area contributed by atoms with Gasteiger partial charge in [0.05, 0.1) is 37.2 Å². The van der Waals surface area contributed by atoms with Gasteiger partial charge in [0.25, 0.3) is 0 Å². The number of benzene rings is 1. The number of ether oxygens (including phenoxy) is 1.